The number of nitrogens with one attached hydrogen (secondary N) is 1. The first-order valence-corrected chi connectivity index (χ1v) is 9.24. The summed E-state index contributed by atoms with van der Waals surface area (Å²) < 4.78 is 0. The van der Waals surface area contributed by atoms with Crippen LogP contribution in [-0.2, 0) is 4.79 Å². The molecule has 6 heteroatoms. The molecule has 132 valence electrons. The first kappa shape index (κ1) is 17.1. The SMILES string of the molecule is C[C@@H]1CCCN(CCNC(=O)C2CCN(c3ncccn3)CC2)C1. The van der Waals surface area contributed by atoms with Gasteiger partial charge in [-0.1, -0.05) is 6.92 Å². The van der Waals surface area contributed by atoms with E-state index in [1.165, 1.54) is 25.9 Å². The molecular weight excluding hydrogens is 302 g/mol. The van der Waals surface area contributed by atoms with Gasteiger partial charge in [0.1, 0.15) is 0 Å². The molecule has 2 saturated heterocycles. The zero-order valence-corrected chi connectivity index (χ0v) is 14.7. The number of aromatic nitrogens is 2. The van der Waals surface area contributed by atoms with E-state index in [2.05, 4.69) is 32.0 Å². The molecule has 3 heterocycles. The molecular formula is C18H29N5O. The van der Waals surface area contributed by atoms with Gasteiger partial charge >= 0.3 is 0 Å². The molecule has 0 radical (unpaired) electrons. The highest BCUT2D eigenvalue weighted by atomic mass is 16.1. The van der Waals surface area contributed by atoms with Crippen LogP contribution in [0.2, 0.25) is 0 Å². The number of likely N-dealkylation sites (tertiary alicyclic amines) is 1. The monoisotopic (exact) mass is 331 g/mol. The molecule has 0 aromatic carbocycles. The molecule has 0 bridgehead atoms. The highest BCUT2D eigenvalue weighted by Gasteiger charge is 2.26. The fraction of sp³-hybridized carbons (Fsp3) is 0.722. The molecule has 1 N–H and O–H groups in total. The van der Waals surface area contributed by atoms with Gasteiger partial charge in [-0.25, -0.2) is 9.97 Å². The number of anilines is 1. The van der Waals surface area contributed by atoms with Crippen molar-refractivity contribution in [2.45, 2.75) is 32.6 Å². The number of carbonyl (C=O) groups is 1. The second-order valence-electron chi connectivity index (χ2n) is 7.15. The summed E-state index contributed by atoms with van der Waals surface area (Å²) in [6.07, 6.45) is 7.92. The molecule has 0 spiro atoms. The van der Waals surface area contributed by atoms with Crippen LogP contribution >= 0.6 is 0 Å². The summed E-state index contributed by atoms with van der Waals surface area (Å²) in [5, 5.41) is 3.14. The van der Waals surface area contributed by atoms with Crippen LogP contribution in [0, 0.1) is 11.8 Å². The molecule has 1 aromatic heterocycles. The third kappa shape index (κ3) is 4.66. The van der Waals surface area contributed by atoms with Crippen molar-refractivity contribution in [2.24, 2.45) is 11.8 Å². The van der Waals surface area contributed by atoms with Crippen molar-refractivity contribution in [1.82, 2.24) is 20.2 Å². The van der Waals surface area contributed by atoms with Gasteiger partial charge in [0, 0.05) is 51.0 Å². The van der Waals surface area contributed by atoms with Crippen LogP contribution in [-0.4, -0.2) is 60.0 Å². The van der Waals surface area contributed by atoms with E-state index in [0.717, 1.165) is 50.9 Å². The van der Waals surface area contributed by atoms with Gasteiger partial charge in [-0.15, -0.1) is 0 Å². The van der Waals surface area contributed by atoms with E-state index in [1.807, 2.05) is 6.07 Å². The number of amides is 1. The van der Waals surface area contributed by atoms with Crippen LogP contribution in [0.15, 0.2) is 18.5 Å². The quantitative estimate of drug-likeness (QED) is 0.887. The molecule has 0 saturated carbocycles. The normalized spacial score (nSPS) is 23.2. The minimum absolute atomic E-state index is 0.130. The van der Waals surface area contributed by atoms with Gasteiger partial charge in [-0.3, -0.25) is 4.79 Å². The van der Waals surface area contributed by atoms with Crippen molar-refractivity contribution in [1.29, 1.82) is 0 Å². The Morgan fingerprint density at radius 3 is 2.67 bits per heavy atom. The molecule has 6 nitrogen and oxygen atoms in total. The summed E-state index contributed by atoms with van der Waals surface area (Å²) in [6.45, 7) is 8.12. The van der Waals surface area contributed by atoms with Crippen molar-refractivity contribution in [3.05, 3.63) is 18.5 Å². The molecule has 2 aliphatic heterocycles. The second kappa shape index (κ2) is 8.42. The highest BCUT2D eigenvalue weighted by molar-refractivity contribution is 5.78. The molecule has 2 aliphatic rings. The van der Waals surface area contributed by atoms with Crippen molar-refractivity contribution in [3.63, 3.8) is 0 Å². The van der Waals surface area contributed by atoms with Crippen LogP contribution in [0.4, 0.5) is 5.95 Å². The van der Waals surface area contributed by atoms with Crippen LogP contribution in [0.25, 0.3) is 0 Å². The molecule has 3 rings (SSSR count). The first-order chi connectivity index (χ1) is 11.7. The zero-order valence-electron chi connectivity index (χ0n) is 14.7. The van der Waals surface area contributed by atoms with E-state index >= 15 is 0 Å². The smallest absolute Gasteiger partial charge is 0.225 e. The van der Waals surface area contributed by atoms with Gasteiger partial charge < -0.3 is 15.1 Å². The second-order valence-corrected chi connectivity index (χ2v) is 7.15. The van der Waals surface area contributed by atoms with Gasteiger partial charge in [-0.2, -0.15) is 0 Å². The van der Waals surface area contributed by atoms with Gasteiger partial charge in [0.25, 0.3) is 0 Å². The standard InChI is InChI=1S/C18H29N5O/c1-15-4-2-10-22(14-15)13-9-19-17(24)16-5-11-23(12-6-16)18-20-7-3-8-21-18/h3,7-8,15-16H,2,4-6,9-14H2,1H3,(H,19,24)/t15-/m1/s1. The van der Waals surface area contributed by atoms with Gasteiger partial charge in [0.2, 0.25) is 11.9 Å². The Morgan fingerprint density at radius 1 is 1.21 bits per heavy atom. The van der Waals surface area contributed by atoms with Crippen molar-refractivity contribution in [2.75, 3.05) is 44.2 Å². The van der Waals surface area contributed by atoms with Crippen molar-refractivity contribution >= 4 is 11.9 Å². The maximum absolute atomic E-state index is 12.4. The molecule has 1 aromatic rings. The topological polar surface area (TPSA) is 61.4 Å². The number of hydrogen-bond donors (Lipinski definition) is 1. The Balaban J connectivity index is 1.36. The number of carbonyl (C=O) groups excluding carboxylic acids is 1. The molecule has 0 aliphatic carbocycles. The van der Waals surface area contributed by atoms with E-state index in [9.17, 15) is 4.79 Å². The minimum Gasteiger partial charge on any atom is -0.355 e. The van der Waals surface area contributed by atoms with Crippen LogP contribution in [0.5, 0.6) is 0 Å². The van der Waals surface area contributed by atoms with E-state index in [4.69, 9.17) is 0 Å². The number of piperidine rings is 2. The summed E-state index contributed by atoms with van der Waals surface area (Å²) in [5.74, 6) is 1.91. The van der Waals surface area contributed by atoms with Crippen molar-refractivity contribution < 1.29 is 4.79 Å². The third-order valence-electron chi connectivity index (χ3n) is 5.17. The lowest BCUT2D eigenvalue weighted by atomic mass is 9.96. The summed E-state index contributed by atoms with van der Waals surface area (Å²) >= 11 is 0. The fourth-order valence-electron chi connectivity index (χ4n) is 3.77. The van der Waals surface area contributed by atoms with E-state index in [0.29, 0.717) is 0 Å². The van der Waals surface area contributed by atoms with Crippen LogP contribution in [0.3, 0.4) is 0 Å². The fourth-order valence-corrected chi connectivity index (χ4v) is 3.77. The zero-order chi connectivity index (χ0) is 16.8. The average molecular weight is 331 g/mol. The number of nitrogens with zero attached hydrogens (tertiary/aromatic N) is 4. The van der Waals surface area contributed by atoms with Gasteiger partial charge in [0.15, 0.2) is 0 Å². The Bertz CT molecular complexity index is 515. The minimum atomic E-state index is 0.130. The first-order valence-electron chi connectivity index (χ1n) is 9.24. The lowest BCUT2D eigenvalue weighted by molar-refractivity contribution is -0.125. The highest BCUT2D eigenvalue weighted by Crippen LogP contribution is 2.20. The average Bonchev–Trinajstić information content (AvgIpc) is 2.63. The predicted octanol–water partition coefficient (Wildman–Crippen LogP) is 1.54. The largest absolute Gasteiger partial charge is 0.355 e. The molecule has 24 heavy (non-hydrogen) atoms. The molecule has 0 unspecified atom stereocenters. The summed E-state index contributed by atoms with van der Waals surface area (Å²) in [6, 6.07) is 1.83. The number of rotatable bonds is 5. The van der Waals surface area contributed by atoms with Crippen LogP contribution < -0.4 is 10.2 Å². The van der Waals surface area contributed by atoms with Gasteiger partial charge in [-0.05, 0) is 44.2 Å². The third-order valence-corrected chi connectivity index (χ3v) is 5.17. The maximum atomic E-state index is 12.4. The Hall–Kier alpha value is -1.69. The summed E-state index contributed by atoms with van der Waals surface area (Å²) in [7, 11) is 0. The maximum Gasteiger partial charge on any atom is 0.225 e. The van der Waals surface area contributed by atoms with Crippen LogP contribution in [0.1, 0.15) is 32.6 Å². The van der Waals surface area contributed by atoms with Gasteiger partial charge in [0.05, 0.1) is 0 Å². The van der Waals surface area contributed by atoms with E-state index in [-0.39, 0.29) is 11.8 Å². The predicted molar refractivity (Wildman–Crippen MR) is 94.8 cm³/mol. The summed E-state index contributed by atoms with van der Waals surface area (Å²) in [5.41, 5.74) is 0. The van der Waals surface area contributed by atoms with E-state index < -0.39 is 0 Å². The Labute approximate surface area is 144 Å². The van der Waals surface area contributed by atoms with E-state index in [1.54, 1.807) is 12.4 Å². The van der Waals surface area contributed by atoms with Crippen molar-refractivity contribution in [3.8, 4) is 0 Å². The number of hydrogen-bond acceptors (Lipinski definition) is 5. The summed E-state index contributed by atoms with van der Waals surface area (Å²) in [4.78, 5) is 25.6. The Kier molecular flexibility index (Phi) is 6.01. The molecule has 2 fully saturated rings. The molecule has 1 atom stereocenters. The lowest BCUT2D eigenvalue weighted by Crippen LogP contribution is -2.44. The Morgan fingerprint density at radius 2 is 1.96 bits per heavy atom. The lowest BCUT2D eigenvalue weighted by Gasteiger charge is -2.32. The molecule has 1 amide bonds.